The fourth-order valence-electron chi connectivity index (χ4n) is 2.14. The van der Waals surface area contributed by atoms with Gasteiger partial charge in [-0.2, -0.15) is 0 Å². The lowest BCUT2D eigenvalue weighted by atomic mass is 10.1. The van der Waals surface area contributed by atoms with Gasteiger partial charge in [0.25, 0.3) is 0 Å². The quantitative estimate of drug-likeness (QED) is 0.757. The van der Waals surface area contributed by atoms with Crippen LogP contribution in [0.5, 0.6) is 0 Å². The van der Waals surface area contributed by atoms with Crippen molar-refractivity contribution in [3.05, 3.63) is 71.4 Å². The molecule has 2 aromatic rings. The lowest BCUT2D eigenvalue weighted by molar-refractivity contribution is -0.121. The van der Waals surface area contributed by atoms with Gasteiger partial charge in [-0.1, -0.05) is 30.3 Å². The van der Waals surface area contributed by atoms with E-state index in [2.05, 4.69) is 15.0 Å². The molecule has 25 heavy (non-hydrogen) atoms. The monoisotopic (exact) mass is 359 g/mol. The molecule has 0 fully saturated rings. The van der Waals surface area contributed by atoms with E-state index >= 15 is 0 Å². The highest BCUT2D eigenvalue weighted by Gasteiger charge is 2.11. The smallest absolute Gasteiger partial charge is 0.233 e. The summed E-state index contributed by atoms with van der Waals surface area (Å²) in [6, 6.07) is 12.6. The Labute approximate surface area is 148 Å². The van der Waals surface area contributed by atoms with Crippen LogP contribution < -0.4 is 10.0 Å². The molecule has 132 valence electrons. The van der Waals surface area contributed by atoms with Gasteiger partial charge < -0.3 is 5.32 Å². The fraction of sp³-hybridized carbons (Fsp3) is 0.222. The van der Waals surface area contributed by atoms with Gasteiger partial charge in [-0.25, -0.2) is 13.1 Å². The van der Waals surface area contributed by atoms with E-state index in [1.807, 2.05) is 37.3 Å². The molecule has 0 radical (unpaired) electrons. The lowest BCUT2D eigenvalue weighted by Crippen LogP contribution is -2.31. The first-order valence-corrected chi connectivity index (χ1v) is 9.43. The first-order valence-electron chi connectivity index (χ1n) is 7.88. The van der Waals surface area contributed by atoms with Crippen molar-refractivity contribution in [1.29, 1.82) is 0 Å². The standard InChI is InChI=1S/C18H21N3O3S/c1-15(17-7-11-19-12-8-17)21-18(22)9-13-20-25(23,24)14-10-16-5-3-2-4-6-16/h2-8,10-12,14-15,20H,9,13H2,1H3,(H,21,22)/b14-10+. The van der Waals surface area contributed by atoms with E-state index in [0.717, 1.165) is 16.5 Å². The summed E-state index contributed by atoms with van der Waals surface area (Å²) in [5.74, 6) is -0.223. The van der Waals surface area contributed by atoms with Crippen LogP contribution in [0.1, 0.15) is 30.5 Å². The number of carbonyl (C=O) groups is 1. The highest BCUT2D eigenvalue weighted by atomic mass is 32.2. The molecule has 0 saturated carbocycles. The van der Waals surface area contributed by atoms with Crippen LogP contribution in [0, 0.1) is 0 Å². The summed E-state index contributed by atoms with van der Waals surface area (Å²) < 4.78 is 26.2. The van der Waals surface area contributed by atoms with Crippen LogP contribution in [0.4, 0.5) is 0 Å². The molecule has 0 bridgehead atoms. The number of hydrogen-bond donors (Lipinski definition) is 2. The maximum Gasteiger partial charge on any atom is 0.233 e. The zero-order valence-electron chi connectivity index (χ0n) is 13.9. The van der Waals surface area contributed by atoms with Crippen molar-refractivity contribution >= 4 is 22.0 Å². The van der Waals surface area contributed by atoms with Gasteiger partial charge in [0.15, 0.2) is 0 Å². The van der Waals surface area contributed by atoms with Gasteiger partial charge in [-0.15, -0.1) is 0 Å². The maximum absolute atomic E-state index is 11.9. The van der Waals surface area contributed by atoms with Gasteiger partial charge in [0, 0.05) is 30.8 Å². The molecule has 0 aliphatic rings. The molecular weight excluding hydrogens is 338 g/mol. The third-order valence-electron chi connectivity index (χ3n) is 3.48. The van der Waals surface area contributed by atoms with Crippen LogP contribution in [0.15, 0.2) is 60.3 Å². The van der Waals surface area contributed by atoms with E-state index in [-0.39, 0.29) is 24.9 Å². The second kappa shape index (κ2) is 9.10. The summed E-state index contributed by atoms with van der Waals surface area (Å²) in [4.78, 5) is 15.8. The Morgan fingerprint density at radius 1 is 1.16 bits per heavy atom. The maximum atomic E-state index is 11.9. The van der Waals surface area contributed by atoms with Crippen molar-refractivity contribution in [2.24, 2.45) is 0 Å². The van der Waals surface area contributed by atoms with Crippen LogP contribution in [-0.2, 0) is 14.8 Å². The molecule has 7 heteroatoms. The molecule has 1 aromatic heterocycles. The number of hydrogen-bond acceptors (Lipinski definition) is 4. The van der Waals surface area contributed by atoms with E-state index < -0.39 is 10.0 Å². The topological polar surface area (TPSA) is 88.2 Å². The van der Waals surface area contributed by atoms with Crippen LogP contribution in [-0.4, -0.2) is 25.9 Å². The van der Waals surface area contributed by atoms with Crippen LogP contribution in [0.25, 0.3) is 6.08 Å². The van der Waals surface area contributed by atoms with Gasteiger partial charge in [0.2, 0.25) is 15.9 Å². The molecular formula is C18H21N3O3S. The van der Waals surface area contributed by atoms with E-state index in [1.165, 1.54) is 6.08 Å². The predicted molar refractivity (Wildman–Crippen MR) is 97.8 cm³/mol. The van der Waals surface area contributed by atoms with Crippen molar-refractivity contribution in [3.8, 4) is 0 Å². The Morgan fingerprint density at radius 3 is 2.52 bits per heavy atom. The average Bonchev–Trinajstić information content (AvgIpc) is 2.61. The van der Waals surface area contributed by atoms with Gasteiger partial charge in [0.05, 0.1) is 6.04 Å². The number of nitrogens with zero attached hydrogens (tertiary/aromatic N) is 1. The fourth-order valence-corrected chi connectivity index (χ4v) is 2.96. The average molecular weight is 359 g/mol. The number of rotatable bonds is 8. The molecule has 1 atom stereocenters. The van der Waals surface area contributed by atoms with E-state index in [4.69, 9.17) is 0 Å². The van der Waals surface area contributed by atoms with Crippen molar-refractivity contribution < 1.29 is 13.2 Å². The molecule has 2 rings (SSSR count). The Balaban J connectivity index is 1.77. The summed E-state index contributed by atoms with van der Waals surface area (Å²) >= 11 is 0. The number of pyridine rings is 1. The Bertz CT molecular complexity index is 806. The molecule has 0 spiro atoms. The van der Waals surface area contributed by atoms with Crippen molar-refractivity contribution in [2.45, 2.75) is 19.4 Å². The first-order chi connectivity index (χ1) is 12.0. The van der Waals surface area contributed by atoms with Gasteiger partial charge in [-0.3, -0.25) is 9.78 Å². The number of benzene rings is 1. The zero-order valence-corrected chi connectivity index (χ0v) is 14.7. The summed E-state index contributed by atoms with van der Waals surface area (Å²) in [5.41, 5.74) is 1.73. The molecule has 6 nitrogen and oxygen atoms in total. The van der Waals surface area contributed by atoms with Crippen molar-refractivity contribution in [2.75, 3.05) is 6.54 Å². The minimum Gasteiger partial charge on any atom is -0.350 e. The minimum atomic E-state index is -3.57. The Kier molecular flexibility index (Phi) is 6.85. The molecule has 2 N–H and O–H groups in total. The molecule has 1 amide bonds. The Hall–Kier alpha value is -2.51. The number of sulfonamides is 1. The van der Waals surface area contributed by atoms with Crippen LogP contribution >= 0.6 is 0 Å². The summed E-state index contributed by atoms with van der Waals surface area (Å²) in [6.45, 7) is 1.90. The Morgan fingerprint density at radius 2 is 1.84 bits per heavy atom. The van der Waals surface area contributed by atoms with E-state index in [0.29, 0.717) is 0 Å². The third-order valence-corrected chi connectivity index (χ3v) is 4.58. The molecule has 0 saturated heterocycles. The van der Waals surface area contributed by atoms with Crippen molar-refractivity contribution in [1.82, 2.24) is 15.0 Å². The molecule has 1 aromatic carbocycles. The molecule has 0 aliphatic carbocycles. The highest BCUT2D eigenvalue weighted by molar-refractivity contribution is 7.92. The number of carbonyl (C=O) groups excluding carboxylic acids is 1. The number of aromatic nitrogens is 1. The SMILES string of the molecule is CC(NC(=O)CCNS(=O)(=O)/C=C/c1ccccc1)c1ccncc1. The van der Waals surface area contributed by atoms with E-state index in [9.17, 15) is 13.2 Å². The molecule has 1 unspecified atom stereocenters. The summed E-state index contributed by atoms with van der Waals surface area (Å²) in [5, 5.41) is 3.92. The first kappa shape index (κ1) is 18.8. The summed E-state index contributed by atoms with van der Waals surface area (Å²) in [7, 11) is -3.57. The van der Waals surface area contributed by atoms with Crippen molar-refractivity contribution in [3.63, 3.8) is 0 Å². The third kappa shape index (κ3) is 6.86. The molecule has 1 heterocycles. The lowest BCUT2D eigenvalue weighted by Gasteiger charge is -2.14. The number of amides is 1. The number of nitrogens with one attached hydrogen (secondary N) is 2. The van der Waals surface area contributed by atoms with Gasteiger partial charge in [0.1, 0.15) is 0 Å². The van der Waals surface area contributed by atoms with Gasteiger partial charge >= 0.3 is 0 Å². The minimum absolute atomic E-state index is 0.0381. The van der Waals surface area contributed by atoms with Gasteiger partial charge in [-0.05, 0) is 36.3 Å². The zero-order chi connectivity index (χ0) is 18.1. The second-order valence-corrected chi connectivity index (χ2v) is 7.12. The van der Waals surface area contributed by atoms with E-state index in [1.54, 1.807) is 24.5 Å². The summed E-state index contributed by atoms with van der Waals surface area (Å²) in [6.07, 6.45) is 4.89. The predicted octanol–water partition coefficient (Wildman–Crippen LogP) is 2.24. The largest absolute Gasteiger partial charge is 0.350 e. The van der Waals surface area contributed by atoms with Crippen LogP contribution in [0.2, 0.25) is 0 Å². The molecule has 0 aliphatic heterocycles. The normalized spacial score (nSPS) is 12.8. The second-order valence-electron chi connectivity index (χ2n) is 5.47. The van der Waals surface area contributed by atoms with Crippen LogP contribution in [0.3, 0.4) is 0 Å². The highest BCUT2D eigenvalue weighted by Crippen LogP contribution is 2.10.